The van der Waals surface area contributed by atoms with Crippen molar-refractivity contribution in [2.45, 2.75) is 0 Å². The van der Waals surface area contributed by atoms with Crippen LogP contribution in [0.25, 0.3) is 49.7 Å². The minimum absolute atomic E-state index is 1.07. The van der Waals surface area contributed by atoms with Gasteiger partial charge in [-0.25, -0.2) is 4.98 Å². The maximum atomic E-state index is 3.79. The first-order valence-corrected chi connectivity index (χ1v) is 11.7. The first-order chi connectivity index (χ1) is 15.2. The fraction of sp³-hybridized carbons (Fsp3) is 0. The molecule has 0 radical (unpaired) electrons. The summed E-state index contributed by atoms with van der Waals surface area (Å²) in [7, 11) is 0. The molecule has 0 aliphatic carbocycles. The van der Waals surface area contributed by atoms with Crippen molar-refractivity contribution in [3.05, 3.63) is 106 Å². The Morgan fingerprint density at radius 2 is 1.16 bits per heavy atom. The smallest absolute Gasteiger partial charge is 0.236 e. The number of hydrogen-bond acceptors (Lipinski definition) is 0. The van der Waals surface area contributed by atoms with E-state index in [0.29, 0.717) is 0 Å². The molecular formula is C27H17Br2N2+. The number of nitrogens with zero attached hydrogens (tertiary/aromatic N) is 1. The number of imidazole rings is 1. The van der Waals surface area contributed by atoms with Crippen LogP contribution in [0.2, 0.25) is 0 Å². The summed E-state index contributed by atoms with van der Waals surface area (Å²) in [5.74, 6) is 1.07. The van der Waals surface area contributed by atoms with Crippen LogP contribution in [0, 0.1) is 0 Å². The highest BCUT2D eigenvalue weighted by Gasteiger charge is 2.26. The van der Waals surface area contributed by atoms with Crippen LogP contribution < -0.4 is 4.57 Å². The summed E-state index contributed by atoms with van der Waals surface area (Å²) >= 11 is 7.38. The van der Waals surface area contributed by atoms with E-state index in [2.05, 4.69) is 138 Å². The molecule has 5 aromatic carbocycles. The van der Waals surface area contributed by atoms with Crippen molar-refractivity contribution < 1.29 is 4.57 Å². The summed E-state index contributed by atoms with van der Waals surface area (Å²) < 4.78 is 4.49. The van der Waals surface area contributed by atoms with Gasteiger partial charge < -0.3 is 0 Å². The first kappa shape index (κ1) is 18.8. The number of aromatic nitrogens is 2. The van der Waals surface area contributed by atoms with Crippen molar-refractivity contribution in [2.24, 2.45) is 0 Å². The number of para-hydroxylation sites is 1. The number of fused-ring (bicyclic) bond motifs is 6. The van der Waals surface area contributed by atoms with E-state index in [1.165, 1.54) is 27.1 Å². The number of nitrogens with one attached hydrogen (secondary N) is 1. The first-order valence-electron chi connectivity index (χ1n) is 10.1. The standard InChI is InChI=1S/C27H16Br2N2/c28-18-11-13-21-22-14-12-19(29)16-24(22)26-25(23(21)15-18)30-27(17-7-3-1-4-8-17)31(26)20-9-5-2-6-10-20/h1-16H/p+1. The number of benzene rings is 5. The third kappa shape index (κ3) is 3.01. The number of aromatic amines is 1. The van der Waals surface area contributed by atoms with E-state index < -0.39 is 0 Å². The van der Waals surface area contributed by atoms with E-state index >= 15 is 0 Å². The lowest BCUT2D eigenvalue weighted by atomic mass is 10.00. The molecule has 0 unspecified atom stereocenters. The normalized spacial score (nSPS) is 11.5. The van der Waals surface area contributed by atoms with Gasteiger partial charge in [0, 0.05) is 19.7 Å². The lowest BCUT2D eigenvalue weighted by molar-refractivity contribution is -0.553. The monoisotopic (exact) mass is 527 g/mol. The summed E-state index contributed by atoms with van der Waals surface area (Å²) in [5.41, 5.74) is 4.58. The predicted molar refractivity (Wildman–Crippen MR) is 136 cm³/mol. The van der Waals surface area contributed by atoms with Crippen LogP contribution in [0.3, 0.4) is 0 Å². The molecule has 0 amide bonds. The quantitative estimate of drug-likeness (QED) is 0.174. The van der Waals surface area contributed by atoms with E-state index in [9.17, 15) is 0 Å². The van der Waals surface area contributed by atoms with Crippen molar-refractivity contribution in [2.75, 3.05) is 0 Å². The molecule has 0 spiro atoms. The summed E-state index contributed by atoms with van der Waals surface area (Å²) in [6.07, 6.45) is 0. The van der Waals surface area contributed by atoms with Gasteiger partial charge in [-0.1, -0.05) is 80.4 Å². The predicted octanol–water partition coefficient (Wildman–Crippen LogP) is 7.94. The Morgan fingerprint density at radius 3 is 1.84 bits per heavy atom. The van der Waals surface area contributed by atoms with E-state index in [1.54, 1.807) is 0 Å². The lowest BCUT2D eigenvalue weighted by Crippen LogP contribution is -2.32. The van der Waals surface area contributed by atoms with Crippen LogP contribution in [0.1, 0.15) is 0 Å². The van der Waals surface area contributed by atoms with Gasteiger partial charge in [0.15, 0.2) is 11.0 Å². The molecule has 0 fully saturated rings. The zero-order chi connectivity index (χ0) is 20.9. The topological polar surface area (TPSA) is 19.7 Å². The van der Waals surface area contributed by atoms with E-state index in [4.69, 9.17) is 0 Å². The third-order valence-electron chi connectivity index (χ3n) is 5.77. The second-order valence-electron chi connectivity index (χ2n) is 7.61. The van der Waals surface area contributed by atoms with Crippen LogP contribution in [0.5, 0.6) is 0 Å². The van der Waals surface area contributed by atoms with Crippen LogP contribution >= 0.6 is 31.9 Å². The van der Waals surface area contributed by atoms with Gasteiger partial charge in [-0.2, -0.15) is 4.57 Å². The molecule has 0 atom stereocenters. The zero-order valence-corrected chi connectivity index (χ0v) is 19.6. The molecule has 0 bridgehead atoms. The van der Waals surface area contributed by atoms with Crippen molar-refractivity contribution >= 4 is 64.4 Å². The molecule has 148 valence electrons. The third-order valence-corrected chi connectivity index (χ3v) is 6.75. The number of hydrogen-bond donors (Lipinski definition) is 1. The lowest BCUT2D eigenvalue weighted by Gasteiger charge is -2.08. The molecule has 6 aromatic rings. The highest BCUT2D eigenvalue weighted by atomic mass is 79.9. The van der Waals surface area contributed by atoms with Gasteiger partial charge in [-0.15, -0.1) is 0 Å². The number of H-pyrrole nitrogens is 1. The van der Waals surface area contributed by atoms with E-state index in [1.807, 2.05) is 0 Å². The van der Waals surface area contributed by atoms with Crippen LogP contribution in [0.4, 0.5) is 0 Å². The molecular weight excluding hydrogens is 512 g/mol. The molecule has 1 heterocycles. The van der Waals surface area contributed by atoms with Crippen molar-refractivity contribution in [1.29, 1.82) is 0 Å². The van der Waals surface area contributed by atoms with Gasteiger partial charge >= 0.3 is 0 Å². The zero-order valence-electron chi connectivity index (χ0n) is 16.4. The van der Waals surface area contributed by atoms with E-state index in [0.717, 1.165) is 31.5 Å². The Labute approximate surface area is 196 Å². The molecule has 0 aliphatic heterocycles. The van der Waals surface area contributed by atoms with Gasteiger partial charge in [-0.3, -0.25) is 0 Å². The molecule has 6 rings (SSSR count). The second-order valence-corrected chi connectivity index (χ2v) is 9.45. The Hall–Kier alpha value is -2.95. The van der Waals surface area contributed by atoms with Gasteiger partial charge in [0.1, 0.15) is 5.69 Å². The summed E-state index contributed by atoms with van der Waals surface area (Å²) in [5, 5.41) is 4.88. The number of halogens is 2. The Morgan fingerprint density at radius 1 is 0.581 bits per heavy atom. The minimum Gasteiger partial charge on any atom is -0.236 e. The molecule has 0 saturated carbocycles. The van der Waals surface area contributed by atoms with Crippen molar-refractivity contribution in [3.63, 3.8) is 0 Å². The maximum Gasteiger partial charge on any atom is 0.292 e. The molecule has 0 aliphatic rings. The van der Waals surface area contributed by atoms with Crippen LogP contribution in [0.15, 0.2) is 106 Å². The Balaban J connectivity index is 1.91. The van der Waals surface area contributed by atoms with Gasteiger partial charge in [0.25, 0.3) is 5.82 Å². The van der Waals surface area contributed by atoms with Gasteiger partial charge in [0.05, 0.1) is 5.56 Å². The van der Waals surface area contributed by atoms with Gasteiger partial charge in [-0.05, 0) is 59.3 Å². The summed E-state index contributed by atoms with van der Waals surface area (Å²) in [6.45, 7) is 0. The largest absolute Gasteiger partial charge is 0.292 e. The molecule has 1 aromatic heterocycles. The summed E-state index contributed by atoms with van der Waals surface area (Å²) in [6, 6.07) is 34.2. The van der Waals surface area contributed by atoms with Crippen molar-refractivity contribution in [3.8, 4) is 17.1 Å². The molecule has 4 heteroatoms. The Kier molecular flexibility index (Phi) is 4.44. The summed E-state index contributed by atoms with van der Waals surface area (Å²) in [4.78, 5) is 3.79. The average molecular weight is 529 g/mol. The number of rotatable bonds is 2. The van der Waals surface area contributed by atoms with Gasteiger partial charge in [0.2, 0.25) is 0 Å². The molecule has 0 saturated heterocycles. The Bertz CT molecular complexity index is 1590. The fourth-order valence-corrected chi connectivity index (χ4v) is 5.17. The molecule has 31 heavy (non-hydrogen) atoms. The maximum absolute atomic E-state index is 3.79. The van der Waals surface area contributed by atoms with Crippen LogP contribution in [-0.4, -0.2) is 4.98 Å². The highest BCUT2D eigenvalue weighted by molar-refractivity contribution is 9.10. The van der Waals surface area contributed by atoms with Crippen LogP contribution in [-0.2, 0) is 0 Å². The average Bonchev–Trinajstić information content (AvgIpc) is 3.21. The van der Waals surface area contributed by atoms with Crippen molar-refractivity contribution in [1.82, 2.24) is 4.98 Å². The molecule has 2 nitrogen and oxygen atoms in total. The second kappa shape index (κ2) is 7.33. The SMILES string of the molecule is Brc1ccc2c3ccc(Br)cc3c3c([nH]c(-c4ccccc4)[n+]3-c3ccccc3)c2c1. The van der Waals surface area contributed by atoms with E-state index in [-0.39, 0.29) is 0 Å². The minimum atomic E-state index is 1.07. The molecule has 1 N–H and O–H groups in total. The fourth-order valence-electron chi connectivity index (χ4n) is 4.45. The highest BCUT2D eigenvalue weighted by Crippen LogP contribution is 2.37.